The largest absolute Gasteiger partial charge is 0.494 e. The van der Waals surface area contributed by atoms with Crippen LogP contribution in [0.4, 0.5) is 0 Å². The molecule has 0 unspecified atom stereocenters. The Bertz CT molecular complexity index is 1220. The second-order valence-electron chi connectivity index (χ2n) is 9.17. The fourth-order valence-electron chi connectivity index (χ4n) is 5.39. The van der Waals surface area contributed by atoms with E-state index in [0.29, 0.717) is 59.9 Å². The topological polar surface area (TPSA) is 102 Å². The maximum atomic E-state index is 12.6. The maximum Gasteiger partial charge on any atom is 0.314 e. The first-order chi connectivity index (χ1) is 18.1. The molecular formula is C30H35BrO7. The number of carbonyl (C=O) groups excluding carboxylic acids is 1. The number of fused-ring (bicyclic) bond motifs is 1. The summed E-state index contributed by atoms with van der Waals surface area (Å²) < 4.78 is 19.2. The Balaban J connectivity index is 2.50. The Labute approximate surface area is 232 Å². The van der Waals surface area contributed by atoms with Gasteiger partial charge in [0.05, 0.1) is 24.7 Å². The molecule has 2 N–H and O–H groups in total. The van der Waals surface area contributed by atoms with Crippen LogP contribution in [0.1, 0.15) is 52.2 Å². The van der Waals surface area contributed by atoms with E-state index >= 15 is 0 Å². The number of benzene rings is 2. The van der Waals surface area contributed by atoms with Crippen LogP contribution in [0.2, 0.25) is 0 Å². The summed E-state index contributed by atoms with van der Waals surface area (Å²) in [5.41, 5.74) is -2.12. The number of aliphatic hydroxyl groups is 1. The lowest BCUT2D eigenvalue weighted by molar-refractivity contribution is -0.165. The molecular weight excluding hydrogens is 552 g/mol. The van der Waals surface area contributed by atoms with Crippen molar-refractivity contribution in [3.8, 4) is 17.2 Å². The Morgan fingerprint density at radius 3 is 2.32 bits per heavy atom. The number of carboxylic acid groups (broad SMARTS) is 1. The quantitative estimate of drug-likeness (QED) is 0.174. The molecule has 1 heterocycles. The van der Waals surface area contributed by atoms with E-state index in [2.05, 4.69) is 15.9 Å². The van der Waals surface area contributed by atoms with Crippen molar-refractivity contribution in [2.45, 2.75) is 52.2 Å². The highest BCUT2D eigenvalue weighted by Crippen LogP contribution is 2.62. The maximum absolute atomic E-state index is 12.6. The zero-order chi connectivity index (χ0) is 28.1. The average molecular weight is 588 g/mol. The first-order valence-electron chi connectivity index (χ1n) is 12.7. The van der Waals surface area contributed by atoms with Gasteiger partial charge in [-0.2, -0.15) is 0 Å². The summed E-state index contributed by atoms with van der Waals surface area (Å²) >= 11 is 3.46. The molecule has 4 atom stereocenters. The molecule has 1 aliphatic rings. The summed E-state index contributed by atoms with van der Waals surface area (Å²) in [6.45, 7) is 9.72. The van der Waals surface area contributed by atoms with Gasteiger partial charge in [-0.25, -0.2) is 0 Å². The molecule has 2 aromatic rings. The molecule has 2 aromatic carbocycles. The van der Waals surface area contributed by atoms with Crippen LogP contribution < -0.4 is 14.2 Å². The van der Waals surface area contributed by atoms with Crippen molar-refractivity contribution in [1.29, 1.82) is 0 Å². The number of allylic oxidation sites excluding steroid dienone is 3. The second kappa shape index (κ2) is 12.2. The fourth-order valence-corrected chi connectivity index (χ4v) is 5.65. The van der Waals surface area contributed by atoms with Crippen LogP contribution in [0.3, 0.4) is 0 Å². The third-order valence-corrected chi connectivity index (χ3v) is 7.32. The predicted octanol–water partition coefficient (Wildman–Crippen LogP) is 6.17. The van der Waals surface area contributed by atoms with E-state index in [0.717, 1.165) is 4.47 Å². The minimum Gasteiger partial charge on any atom is -0.494 e. The highest BCUT2D eigenvalue weighted by molar-refractivity contribution is 9.10. The van der Waals surface area contributed by atoms with Crippen molar-refractivity contribution < 1.29 is 34.0 Å². The zero-order valence-corrected chi connectivity index (χ0v) is 23.9. The molecule has 7 nitrogen and oxygen atoms in total. The molecule has 0 amide bonds. The molecule has 0 bridgehead atoms. The van der Waals surface area contributed by atoms with Crippen molar-refractivity contribution in [3.05, 3.63) is 75.8 Å². The zero-order valence-electron chi connectivity index (χ0n) is 22.4. The molecule has 1 aliphatic heterocycles. The van der Waals surface area contributed by atoms with E-state index in [4.69, 9.17) is 14.2 Å². The molecule has 0 spiro atoms. The van der Waals surface area contributed by atoms with Gasteiger partial charge in [0.1, 0.15) is 35.1 Å². The number of hydrogen-bond acceptors (Lipinski definition) is 6. The lowest BCUT2D eigenvalue weighted by Gasteiger charge is -2.46. The summed E-state index contributed by atoms with van der Waals surface area (Å²) in [6.07, 6.45) is 6.40. The molecule has 0 radical (unpaired) electrons. The minimum absolute atomic E-state index is 0.295. The lowest BCUT2D eigenvalue weighted by atomic mass is 9.62. The molecule has 8 heteroatoms. The normalized spacial score (nSPS) is 22.4. The Hall–Kier alpha value is -3.10. The van der Waals surface area contributed by atoms with Gasteiger partial charge in [-0.1, -0.05) is 53.2 Å². The third-order valence-electron chi connectivity index (χ3n) is 6.79. The summed E-state index contributed by atoms with van der Waals surface area (Å²) in [7, 11) is 0. The molecule has 0 saturated carbocycles. The molecule has 204 valence electrons. The van der Waals surface area contributed by atoms with Crippen molar-refractivity contribution in [2.24, 2.45) is 11.8 Å². The van der Waals surface area contributed by atoms with E-state index in [-0.39, 0.29) is 0 Å². The summed E-state index contributed by atoms with van der Waals surface area (Å²) in [5, 5.41) is 22.8. The molecule has 0 fully saturated rings. The van der Waals surface area contributed by atoms with Gasteiger partial charge in [-0.15, -0.1) is 0 Å². The van der Waals surface area contributed by atoms with Gasteiger partial charge < -0.3 is 29.2 Å². The van der Waals surface area contributed by atoms with Crippen LogP contribution in [0, 0.1) is 11.8 Å². The van der Waals surface area contributed by atoms with Gasteiger partial charge in [0.2, 0.25) is 0 Å². The SMILES string of the molecule is C/C=C\C(=C/CC)[C@H]([C@H](C=O)C(=O)O)[C@]1(c2ccc(Br)cc2)Oc2cc(OCC)cc(OCC)c2[C@@]1(C)O. The van der Waals surface area contributed by atoms with E-state index in [9.17, 15) is 19.8 Å². The van der Waals surface area contributed by atoms with Gasteiger partial charge >= 0.3 is 5.97 Å². The van der Waals surface area contributed by atoms with Crippen LogP contribution in [-0.4, -0.2) is 35.7 Å². The highest BCUT2D eigenvalue weighted by atomic mass is 79.9. The smallest absolute Gasteiger partial charge is 0.314 e. The third kappa shape index (κ3) is 5.12. The van der Waals surface area contributed by atoms with Crippen LogP contribution in [0.5, 0.6) is 17.2 Å². The standard InChI is InChI=1S/C30H35BrO7/c1-6-10-19(11-7-2)26(23(18-32)28(33)34)30(20-12-14-21(31)15-13-20)29(5,35)27-24(37-9-4)16-22(36-8-3)17-25(27)38-30/h6,10-18,23,26,35H,7-9H2,1-5H3,(H,33,34)/b10-6-,19-11+/t23-,26+,29+,30-/m0/s1. The monoisotopic (exact) mass is 586 g/mol. The number of halogens is 1. The first-order valence-corrected chi connectivity index (χ1v) is 13.5. The lowest BCUT2D eigenvalue weighted by Crippen LogP contribution is -2.56. The highest BCUT2D eigenvalue weighted by Gasteiger charge is 2.66. The van der Waals surface area contributed by atoms with Gasteiger partial charge in [-0.05, 0) is 57.4 Å². The van der Waals surface area contributed by atoms with E-state index in [1.807, 2.05) is 33.8 Å². The number of rotatable bonds is 12. The van der Waals surface area contributed by atoms with Gasteiger partial charge in [0, 0.05) is 16.6 Å². The summed E-state index contributed by atoms with van der Waals surface area (Å²) in [4.78, 5) is 25.0. The Morgan fingerprint density at radius 2 is 1.79 bits per heavy atom. The predicted molar refractivity (Wildman–Crippen MR) is 149 cm³/mol. The van der Waals surface area contributed by atoms with Crippen molar-refractivity contribution in [3.63, 3.8) is 0 Å². The van der Waals surface area contributed by atoms with Crippen LogP contribution in [-0.2, 0) is 20.8 Å². The molecule has 0 saturated heterocycles. The Kier molecular flexibility index (Phi) is 9.44. The Morgan fingerprint density at radius 1 is 1.13 bits per heavy atom. The van der Waals surface area contributed by atoms with E-state index < -0.39 is 29.0 Å². The van der Waals surface area contributed by atoms with Gasteiger partial charge in [0.25, 0.3) is 0 Å². The van der Waals surface area contributed by atoms with Crippen LogP contribution >= 0.6 is 15.9 Å². The minimum atomic E-state index is -1.83. The van der Waals surface area contributed by atoms with Crippen molar-refractivity contribution in [1.82, 2.24) is 0 Å². The van der Waals surface area contributed by atoms with Gasteiger partial charge in [-0.3, -0.25) is 4.79 Å². The number of ether oxygens (including phenoxy) is 3. The number of carboxylic acids is 1. The van der Waals surface area contributed by atoms with Crippen LogP contribution in [0.25, 0.3) is 0 Å². The second-order valence-corrected chi connectivity index (χ2v) is 10.1. The molecule has 0 aromatic heterocycles. The van der Waals surface area contributed by atoms with E-state index in [1.165, 1.54) is 0 Å². The van der Waals surface area contributed by atoms with Gasteiger partial charge in [0.15, 0.2) is 5.60 Å². The number of aldehydes is 1. The number of aliphatic carboxylic acids is 1. The molecule has 38 heavy (non-hydrogen) atoms. The van der Waals surface area contributed by atoms with Crippen molar-refractivity contribution in [2.75, 3.05) is 13.2 Å². The summed E-state index contributed by atoms with van der Waals surface area (Å²) in [5.74, 6) is -2.82. The summed E-state index contributed by atoms with van der Waals surface area (Å²) in [6, 6.07) is 10.5. The average Bonchev–Trinajstić information content (AvgIpc) is 3.10. The molecule has 3 rings (SSSR count). The number of hydrogen-bond donors (Lipinski definition) is 2. The number of carbonyl (C=O) groups is 2. The van der Waals surface area contributed by atoms with E-state index in [1.54, 1.807) is 55.5 Å². The molecule has 0 aliphatic carbocycles. The van der Waals surface area contributed by atoms with Crippen molar-refractivity contribution >= 4 is 28.2 Å². The first kappa shape index (κ1) is 29.5. The fraction of sp³-hybridized carbons (Fsp3) is 0.400. The van der Waals surface area contributed by atoms with Crippen LogP contribution in [0.15, 0.2) is 64.7 Å².